The summed E-state index contributed by atoms with van der Waals surface area (Å²) in [4.78, 5) is 40.9. The lowest BCUT2D eigenvalue weighted by Gasteiger charge is -2.53. The van der Waals surface area contributed by atoms with Crippen molar-refractivity contribution in [2.24, 2.45) is 17.6 Å². The van der Waals surface area contributed by atoms with E-state index < -0.39 is 69.7 Å². The number of ketones is 2. The molecule has 0 bridgehead atoms. The molecule has 5 atom stereocenters. The third-order valence-electron chi connectivity index (χ3n) is 7.70. The van der Waals surface area contributed by atoms with Crippen LogP contribution in [-0.2, 0) is 14.4 Å². The highest BCUT2D eigenvalue weighted by Crippen LogP contribution is 2.56. The van der Waals surface area contributed by atoms with Crippen molar-refractivity contribution in [2.75, 3.05) is 14.1 Å². The first-order chi connectivity index (χ1) is 18.3. The lowest BCUT2D eigenvalue weighted by Crippen LogP contribution is -2.70. The Kier molecular flexibility index (Phi) is 6.19. The highest BCUT2D eigenvalue weighted by molar-refractivity contribution is 6.30. The molecule has 3 aliphatic carbocycles. The minimum Gasteiger partial charge on any atom is -0.508 e. The molecule has 39 heavy (non-hydrogen) atoms. The van der Waals surface area contributed by atoms with Crippen LogP contribution in [-0.4, -0.2) is 79.7 Å². The van der Waals surface area contributed by atoms with Crippen LogP contribution in [0.5, 0.6) is 5.75 Å². The monoisotopic (exact) mass is 552 g/mol. The highest BCUT2D eigenvalue weighted by atomic mass is 35.5. The van der Waals surface area contributed by atoms with Gasteiger partial charge in [-0.2, -0.15) is 0 Å². The zero-order chi connectivity index (χ0) is 28.5. The summed E-state index contributed by atoms with van der Waals surface area (Å²) < 4.78 is 0. The van der Waals surface area contributed by atoms with Gasteiger partial charge in [0.15, 0.2) is 11.4 Å². The molecular formula is C28H25ClN2O8. The topological polar surface area (TPSA) is 182 Å². The van der Waals surface area contributed by atoms with Crippen molar-refractivity contribution in [3.8, 4) is 5.75 Å². The Labute approximate surface area is 227 Å². The van der Waals surface area contributed by atoms with Gasteiger partial charge in [0.05, 0.1) is 29.2 Å². The normalized spacial score (nSPS) is 29.4. The number of aliphatic hydroxyl groups is 4. The van der Waals surface area contributed by atoms with E-state index >= 15 is 0 Å². The molecule has 0 saturated heterocycles. The van der Waals surface area contributed by atoms with Gasteiger partial charge >= 0.3 is 0 Å². The Morgan fingerprint density at radius 1 is 1.10 bits per heavy atom. The average Bonchev–Trinajstić information content (AvgIpc) is 2.85. The van der Waals surface area contributed by atoms with Crippen LogP contribution in [0.2, 0.25) is 5.02 Å². The van der Waals surface area contributed by atoms with Gasteiger partial charge in [-0.15, -0.1) is 0 Å². The lowest BCUT2D eigenvalue weighted by atomic mass is 9.55. The summed E-state index contributed by atoms with van der Waals surface area (Å²) in [6.45, 7) is 0. The van der Waals surface area contributed by atoms with Gasteiger partial charge in [-0.1, -0.05) is 41.9 Å². The number of carbonyl (C=O) groups is 3. The number of fused-ring (bicyclic) bond motifs is 3. The van der Waals surface area contributed by atoms with E-state index in [2.05, 4.69) is 0 Å². The first-order valence-electron chi connectivity index (χ1n) is 11.9. The maximum Gasteiger partial charge on any atom is 0.255 e. The predicted octanol–water partition coefficient (Wildman–Crippen LogP) is 1.59. The number of benzene rings is 2. The zero-order valence-corrected chi connectivity index (χ0v) is 21.5. The van der Waals surface area contributed by atoms with Crippen LogP contribution in [0.1, 0.15) is 16.7 Å². The van der Waals surface area contributed by atoms with Crippen LogP contribution >= 0.6 is 11.6 Å². The Morgan fingerprint density at radius 2 is 1.77 bits per heavy atom. The number of phenolic OH excluding ortho intramolecular Hbond substituents is 1. The summed E-state index contributed by atoms with van der Waals surface area (Å²) in [5.74, 6) is -8.97. The number of amides is 1. The Balaban J connectivity index is 1.86. The second-order valence-electron chi connectivity index (χ2n) is 10.1. The molecule has 1 fully saturated rings. The maximum atomic E-state index is 14.1. The molecule has 1 saturated carbocycles. The number of rotatable bonds is 3. The number of nitrogens with zero attached hydrogens (tertiary/aromatic N) is 1. The summed E-state index contributed by atoms with van der Waals surface area (Å²) in [7, 11) is 2.89. The minimum absolute atomic E-state index is 0.130. The minimum atomic E-state index is -2.99. The molecule has 0 aromatic heterocycles. The summed E-state index contributed by atoms with van der Waals surface area (Å²) in [6, 6.07) is 9.62. The van der Waals surface area contributed by atoms with Crippen LogP contribution in [0.4, 0.5) is 0 Å². The van der Waals surface area contributed by atoms with Crippen LogP contribution in [0.25, 0.3) is 17.4 Å². The molecule has 2 aromatic rings. The van der Waals surface area contributed by atoms with Gasteiger partial charge in [0.2, 0.25) is 5.78 Å². The number of aliphatic hydroxyl groups excluding tert-OH is 3. The molecule has 202 valence electrons. The first-order valence-corrected chi connectivity index (χ1v) is 12.3. The van der Waals surface area contributed by atoms with Crippen molar-refractivity contribution in [3.63, 3.8) is 0 Å². The standard InChI is InChI=1S/C28H25ClN2O8/c1-31(2)21-20-23(34)17-14(10-11-5-3-6-12(29)9-11)13-7-4-8-15(32)16(13)22(33)18(17)25(36)28(20,39)26(37)19(24(21)35)27(30)38/h3-10,17,20-21,23,32-34,37,39H,1-2H3,(H2,30,38)/b14-10+. The number of hydrogen-bond donors (Lipinski definition) is 6. The number of aromatic hydroxyl groups is 1. The quantitative estimate of drug-likeness (QED) is 0.308. The fourth-order valence-electron chi connectivity index (χ4n) is 6.09. The highest BCUT2D eigenvalue weighted by Gasteiger charge is 2.68. The fraction of sp³-hybridized carbons (Fsp3) is 0.250. The first kappa shape index (κ1) is 26.6. The van der Waals surface area contributed by atoms with E-state index in [4.69, 9.17) is 17.3 Å². The van der Waals surface area contributed by atoms with Gasteiger partial charge in [-0.05, 0) is 49.0 Å². The molecule has 7 N–H and O–H groups in total. The predicted molar refractivity (Wildman–Crippen MR) is 141 cm³/mol. The molecule has 1 amide bonds. The second kappa shape index (κ2) is 9.06. The van der Waals surface area contributed by atoms with Crippen molar-refractivity contribution in [2.45, 2.75) is 17.7 Å². The van der Waals surface area contributed by atoms with Gasteiger partial charge in [0, 0.05) is 10.9 Å². The molecule has 2 aromatic carbocycles. The summed E-state index contributed by atoms with van der Waals surface area (Å²) in [5.41, 5.74) is 1.88. The van der Waals surface area contributed by atoms with Crippen molar-refractivity contribution in [1.29, 1.82) is 0 Å². The van der Waals surface area contributed by atoms with E-state index in [1.807, 2.05) is 0 Å². The van der Waals surface area contributed by atoms with Gasteiger partial charge in [-0.3, -0.25) is 19.3 Å². The zero-order valence-electron chi connectivity index (χ0n) is 20.8. The molecule has 0 radical (unpaired) electrons. The average molecular weight is 553 g/mol. The second-order valence-corrected chi connectivity index (χ2v) is 10.5. The number of hydrogen-bond acceptors (Lipinski definition) is 9. The SMILES string of the molecule is CN(C)C1C(=O)C(C(N)=O)=C(O)C2(O)C(=O)C3=C(O)c4c(O)cccc4/C(=C\c4cccc(Cl)c4)C3C(O)C12. The van der Waals surface area contributed by atoms with E-state index in [9.17, 15) is 39.9 Å². The molecule has 3 aliphatic rings. The van der Waals surface area contributed by atoms with Crippen molar-refractivity contribution >= 4 is 46.5 Å². The Hall–Kier alpha value is -3.96. The van der Waals surface area contributed by atoms with E-state index in [1.54, 1.807) is 36.4 Å². The largest absolute Gasteiger partial charge is 0.508 e. The van der Waals surface area contributed by atoms with E-state index in [-0.39, 0.29) is 16.9 Å². The number of halogens is 1. The van der Waals surface area contributed by atoms with Crippen molar-refractivity contribution < 1.29 is 39.9 Å². The van der Waals surface area contributed by atoms with E-state index in [0.717, 1.165) is 0 Å². The van der Waals surface area contributed by atoms with Crippen LogP contribution in [0.15, 0.2) is 59.4 Å². The third-order valence-corrected chi connectivity index (χ3v) is 7.94. The Bertz CT molecular complexity index is 1560. The number of nitrogens with two attached hydrogens (primary N) is 1. The number of Topliss-reactive ketones (excluding diaryl/α,β-unsaturated/α-hetero) is 2. The third kappa shape index (κ3) is 3.64. The maximum absolute atomic E-state index is 14.1. The van der Waals surface area contributed by atoms with Crippen LogP contribution < -0.4 is 5.73 Å². The molecule has 11 heteroatoms. The molecule has 0 heterocycles. The molecule has 10 nitrogen and oxygen atoms in total. The fourth-order valence-corrected chi connectivity index (χ4v) is 6.28. The number of carbonyl (C=O) groups excluding carboxylic acids is 3. The lowest BCUT2D eigenvalue weighted by molar-refractivity contribution is -0.166. The van der Waals surface area contributed by atoms with Gasteiger partial charge in [-0.25, -0.2) is 0 Å². The molecule has 0 spiro atoms. The van der Waals surface area contributed by atoms with Gasteiger partial charge in [0.25, 0.3) is 5.91 Å². The van der Waals surface area contributed by atoms with Crippen molar-refractivity contribution in [3.05, 3.63) is 81.1 Å². The van der Waals surface area contributed by atoms with Gasteiger partial charge < -0.3 is 31.3 Å². The molecule has 0 aliphatic heterocycles. The van der Waals surface area contributed by atoms with Crippen LogP contribution in [0, 0.1) is 11.8 Å². The molecule has 5 unspecified atom stereocenters. The smallest absolute Gasteiger partial charge is 0.255 e. The summed E-state index contributed by atoms with van der Waals surface area (Å²) >= 11 is 6.17. The molecular weight excluding hydrogens is 528 g/mol. The number of likely N-dealkylation sites (N-methyl/N-ethyl adjacent to an activating group) is 1. The van der Waals surface area contributed by atoms with Crippen LogP contribution in [0.3, 0.4) is 0 Å². The number of primary amides is 1. The summed E-state index contributed by atoms with van der Waals surface area (Å²) in [5, 5.41) is 57.0. The van der Waals surface area contributed by atoms with E-state index in [1.165, 1.54) is 31.1 Å². The van der Waals surface area contributed by atoms with Crippen molar-refractivity contribution in [1.82, 2.24) is 4.90 Å². The number of phenols is 1. The van der Waals surface area contributed by atoms with E-state index in [0.29, 0.717) is 16.1 Å². The Morgan fingerprint density at radius 3 is 2.38 bits per heavy atom. The summed E-state index contributed by atoms with van der Waals surface area (Å²) in [6.07, 6.45) is -0.138. The molecule has 5 rings (SSSR count). The van der Waals surface area contributed by atoms with Gasteiger partial charge in [0.1, 0.15) is 22.8 Å².